The molecule has 0 aromatic heterocycles. The Morgan fingerprint density at radius 2 is 1.47 bits per heavy atom. The Labute approximate surface area is 95.8 Å². The smallest absolute Gasteiger partial charge is 0.0169 e. The highest BCUT2D eigenvalue weighted by Crippen LogP contribution is 1.99. The average Bonchev–Trinajstić information content (AvgIpc) is 2.26. The summed E-state index contributed by atoms with van der Waals surface area (Å²) in [4.78, 5) is 0. The molecule has 1 radical (unpaired) electrons. The van der Waals surface area contributed by atoms with Gasteiger partial charge in [0.25, 0.3) is 0 Å². The molecule has 0 aromatic carbocycles. The van der Waals surface area contributed by atoms with Crippen LogP contribution in [0.15, 0.2) is 36.5 Å². The van der Waals surface area contributed by atoms with Crippen LogP contribution in [0.1, 0.15) is 52.4 Å². The molecule has 15 heavy (non-hydrogen) atoms. The second kappa shape index (κ2) is 13.2. The summed E-state index contributed by atoms with van der Waals surface area (Å²) in [5.74, 6) is 0. The van der Waals surface area contributed by atoms with Gasteiger partial charge < -0.3 is 0 Å². The molecule has 0 atom stereocenters. The van der Waals surface area contributed by atoms with E-state index in [1.54, 1.807) is 0 Å². The van der Waals surface area contributed by atoms with Crippen LogP contribution in [-0.4, -0.2) is 0 Å². The molecule has 0 bridgehead atoms. The van der Waals surface area contributed by atoms with Gasteiger partial charge in [0, 0.05) is 0 Å². The Kier molecular flexibility index (Phi) is 12.5. The maximum Gasteiger partial charge on any atom is -0.0169 e. The summed E-state index contributed by atoms with van der Waals surface area (Å²) >= 11 is 0. The van der Waals surface area contributed by atoms with Gasteiger partial charge in [-0.15, -0.1) is 0 Å². The molecule has 0 saturated carbocycles. The molecule has 0 aromatic rings. The van der Waals surface area contributed by atoms with E-state index in [1.165, 1.54) is 19.3 Å². The highest BCUT2D eigenvalue weighted by molar-refractivity contribution is 5.00. The summed E-state index contributed by atoms with van der Waals surface area (Å²) in [6.45, 7) is 4.39. The van der Waals surface area contributed by atoms with Gasteiger partial charge in [0.1, 0.15) is 0 Å². The largest absolute Gasteiger partial charge is 0.0885 e. The predicted molar refractivity (Wildman–Crippen MR) is 70.8 cm³/mol. The third kappa shape index (κ3) is 13.2. The van der Waals surface area contributed by atoms with E-state index < -0.39 is 0 Å². The third-order valence-electron chi connectivity index (χ3n) is 2.11. The van der Waals surface area contributed by atoms with Crippen LogP contribution >= 0.6 is 0 Å². The first-order chi connectivity index (χ1) is 7.41. The van der Waals surface area contributed by atoms with E-state index in [0.717, 1.165) is 19.3 Å². The number of hydrogen-bond acceptors (Lipinski definition) is 0. The topological polar surface area (TPSA) is 0 Å². The van der Waals surface area contributed by atoms with Crippen LogP contribution in [0.5, 0.6) is 0 Å². The van der Waals surface area contributed by atoms with Gasteiger partial charge >= 0.3 is 0 Å². The Morgan fingerprint density at radius 1 is 0.800 bits per heavy atom. The van der Waals surface area contributed by atoms with Gasteiger partial charge in [0.15, 0.2) is 0 Å². The lowest BCUT2D eigenvalue weighted by Crippen LogP contribution is -1.71. The zero-order valence-corrected chi connectivity index (χ0v) is 10.3. The number of allylic oxidation sites excluding steroid dienone is 6. The van der Waals surface area contributed by atoms with Crippen LogP contribution in [-0.2, 0) is 0 Å². The molecule has 0 spiro atoms. The maximum atomic E-state index is 2.26. The van der Waals surface area contributed by atoms with E-state index in [-0.39, 0.29) is 0 Å². The van der Waals surface area contributed by atoms with E-state index >= 15 is 0 Å². The zero-order chi connectivity index (χ0) is 11.2. The molecule has 0 amide bonds. The van der Waals surface area contributed by atoms with Crippen molar-refractivity contribution in [2.45, 2.75) is 52.4 Å². The second-order valence-electron chi connectivity index (χ2n) is 3.63. The van der Waals surface area contributed by atoms with Crippen molar-refractivity contribution < 1.29 is 0 Å². The minimum Gasteiger partial charge on any atom is -0.0885 e. The molecule has 0 aliphatic carbocycles. The van der Waals surface area contributed by atoms with Crippen LogP contribution in [0.3, 0.4) is 0 Å². The summed E-state index contributed by atoms with van der Waals surface area (Å²) < 4.78 is 0. The van der Waals surface area contributed by atoms with Gasteiger partial charge in [0.05, 0.1) is 0 Å². The minimum absolute atomic E-state index is 1.06. The lowest BCUT2D eigenvalue weighted by atomic mass is 10.2. The molecule has 0 unspecified atom stereocenters. The highest BCUT2D eigenvalue weighted by atomic mass is 13.9. The molecular weight excluding hydrogens is 180 g/mol. The van der Waals surface area contributed by atoms with Crippen molar-refractivity contribution in [3.63, 3.8) is 0 Å². The van der Waals surface area contributed by atoms with E-state index in [4.69, 9.17) is 0 Å². The molecule has 0 heterocycles. The average molecular weight is 205 g/mol. The second-order valence-corrected chi connectivity index (χ2v) is 3.63. The standard InChI is InChI=1S/C15H25/c1-3-5-7-9-11-13-15-14-12-10-8-6-4-2/h5,7,10-14H,3-4,6,8-9,15H2,1-2H3/b7-5-,13-11-,14-12-. The summed E-state index contributed by atoms with van der Waals surface area (Å²) in [5, 5.41) is 0. The Bertz CT molecular complexity index is 184. The van der Waals surface area contributed by atoms with Gasteiger partial charge in [0.2, 0.25) is 0 Å². The van der Waals surface area contributed by atoms with Crippen molar-refractivity contribution >= 4 is 0 Å². The monoisotopic (exact) mass is 205 g/mol. The fraction of sp³-hybridized carbons (Fsp3) is 0.533. The van der Waals surface area contributed by atoms with Crippen LogP contribution in [0, 0.1) is 6.42 Å². The molecule has 0 rings (SSSR count). The van der Waals surface area contributed by atoms with Crippen molar-refractivity contribution in [2.75, 3.05) is 0 Å². The van der Waals surface area contributed by atoms with Gasteiger partial charge in [-0.1, -0.05) is 63.1 Å². The SMILES string of the molecule is CC/C=C\C/C=C\C/C=C\[CH]CCCC. The molecule has 85 valence electrons. The van der Waals surface area contributed by atoms with Crippen LogP contribution in [0.2, 0.25) is 0 Å². The molecular formula is C15H25. The molecule has 0 aliphatic rings. The molecule has 0 fully saturated rings. The zero-order valence-electron chi connectivity index (χ0n) is 10.3. The van der Waals surface area contributed by atoms with E-state index in [1.807, 2.05) is 0 Å². The van der Waals surface area contributed by atoms with Crippen molar-refractivity contribution in [2.24, 2.45) is 0 Å². The van der Waals surface area contributed by atoms with Crippen LogP contribution in [0.25, 0.3) is 0 Å². The number of rotatable bonds is 9. The number of unbranched alkanes of at least 4 members (excludes halogenated alkanes) is 3. The van der Waals surface area contributed by atoms with Crippen molar-refractivity contribution in [1.29, 1.82) is 0 Å². The third-order valence-corrected chi connectivity index (χ3v) is 2.11. The maximum absolute atomic E-state index is 2.26. The number of hydrogen-bond donors (Lipinski definition) is 0. The lowest BCUT2D eigenvalue weighted by Gasteiger charge is -1.90. The summed E-state index contributed by atoms with van der Waals surface area (Å²) in [6, 6.07) is 0. The van der Waals surface area contributed by atoms with Crippen LogP contribution < -0.4 is 0 Å². The first-order valence-electron chi connectivity index (χ1n) is 6.20. The quantitative estimate of drug-likeness (QED) is 0.357. The Hall–Kier alpha value is -0.780. The lowest BCUT2D eigenvalue weighted by molar-refractivity contribution is 0.794. The molecule has 0 N–H and O–H groups in total. The van der Waals surface area contributed by atoms with Crippen molar-refractivity contribution in [3.05, 3.63) is 42.9 Å². The van der Waals surface area contributed by atoms with Gasteiger partial charge in [-0.2, -0.15) is 0 Å². The van der Waals surface area contributed by atoms with E-state index in [2.05, 4.69) is 56.7 Å². The summed E-state index contributed by atoms with van der Waals surface area (Å²) in [5.41, 5.74) is 0. The fourth-order valence-electron chi connectivity index (χ4n) is 1.21. The van der Waals surface area contributed by atoms with Gasteiger partial charge in [-0.3, -0.25) is 0 Å². The molecule has 0 aliphatic heterocycles. The van der Waals surface area contributed by atoms with E-state index in [0.29, 0.717) is 0 Å². The first kappa shape index (κ1) is 14.2. The van der Waals surface area contributed by atoms with Crippen molar-refractivity contribution in [3.8, 4) is 0 Å². The van der Waals surface area contributed by atoms with Gasteiger partial charge in [-0.25, -0.2) is 0 Å². The highest BCUT2D eigenvalue weighted by Gasteiger charge is 1.80. The fourth-order valence-corrected chi connectivity index (χ4v) is 1.21. The summed E-state index contributed by atoms with van der Waals surface area (Å²) in [7, 11) is 0. The van der Waals surface area contributed by atoms with Crippen molar-refractivity contribution in [1.82, 2.24) is 0 Å². The first-order valence-corrected chi connectivity index (χ1v) is 6.20. The molecule has 0 heteroatoms. The normalized spacial score (nSPS) is 12.4. The Balaban J connectivity index is 3.24. The Morgan fingerprint density at radius 3 is 2.13 bits per heavy atom. The van der Waals surface area contributed by atoms with Gasteiger partial charge in [-0.05, 0) is 32.1 Å². The molecule has 0 nitrogen and oxygen atoms in total. The van der Waals surface area contributed by atoms with E-state index in [9.17, 15) is 0 Å². The van der Waals surface area contributed by atoms with Crippen LogP contribution in [0.4, 0.5) is 0 Å². The predicted octanol–water partition coefficient (Wildman–Crippen LogP) is 5.24. The summed E-state index contributed by atoms with van der Waals surface area (Å²) in [6.07, 6.45) is 22.6. The minimum atomic E-state index is 1.06. The molecule has 0 saturated heterocycles.